The van der Waals surface area contributed by atoms with Crippen molar-refractivity contribution in [3.05, 3.63) is 34.8 Å². The zero-order chi connectivity index (χ0) is 18.5. The number of anilines is 1. The van der Waals surface area contributed by atoms with E-state index in [-0.39, 0.29) is 22.6 Å². The van der Waals surface area contributed by atoms with Crippen LogP contribution in [0, 0.1) is 11.7 Å². The van der Waals surface area contributed by atoms with E-state index in [0.29, 0.717) is 19.0 Å². The van der Waals surface area contributed by atoms with Crippen LogP contribution in [0.5, 0.6) is 0 Å². The van der Waals surface area contributed by atoms with Crippen molar-refractivity contribution in [1.82, 2.24) is 19.7 Å². The van der Waals surface area contributed by atoms with Crippen molar-refractivity contribution in [2.75, 3.05) is 23.7 Å². The van der Waals surface area contributed by atoms with Crippen LogP contribution in [-0.2, 0) is 11.2 Å². The molecule has 4 heterocycles. The molecule has 26 heavy (non-hydrogen) atoms. The van der Waals surface area contributed by atoms with E-state index in [4.69, 9.17) is 5.73 Å². The summed E-state index contributed by atoms with van der Waals surface area (Å²) in [4.78, 5) is 11.4. The van der Waals surface area contributed by atoms with Gasteiger partial charge < -0.3 is 10.6 Å². The number of thioether (sulfide) groups is 1. The number of halogens is 2. The molecule has 140 valence electrons. The molecular weight excluding hydrogens is 378 g/mol. The minimum absolute atomic E-state index is 0.178. The van der Waals surface area contributed by atoms with Crippen molar-refractivity contribution >= 4 is 29.2 Å². The molecule has 3 N–H and O–H groups in total. The molecule has 0 spiro atoms. The summed E-state index contributed by atoms with van der Waals surface area (Å²) in [6.07, 6.45) is 2.83. The van der Waals surface area contributed by atoms with Crippen LogP contribution in [0.2, 0.25) is 0 Å². The van der Waals surface area contributed by atoms with Crippen molar-refractivity contribution in [2.24, 2.45) is 11.7 Å². The van der Waals surface area contributed by atoms with Crippen LogP contribution < -0.4 is 16.0 Å². The minimum Gasteiger partial charge on any atom is -0.338 e. The van der Waals surface area contributed by atoms with E-state index in [1.807, 2.05) is 11.0 Å². The standard InChI is InChI=1S/C16H20F2N6S2/c1-15(2,18)12-10(17)5-20-14(22-12)24-6-9-7-25-13(19)23-16(9,8-24)11-3-4-21-26-11/h3-5,9,13,23H,6-8,19H2,1-2H3/t9-,13?,16-/m0/s1. The molecular formula is C16H20F2N6S2. The Morgan fingerprint density at radius 1 is 1.46 bits per heavy atom. The monoisotopic (exact) mass is 398 g/mol. The molecule has 2 saturated heterocycles. The number of hydrogen-bond donors (Lipinski definition) is 2. The van der Waals surface area contributed by atoms with Gasteiger partial charge in [-0.2, -0.15) is 0 Å². The van der Waals surface area contributed by atoms with Crippen molar-refractivity contribution in [3.8, 4) is 0 Å². The smallest absolute Gasteiger partial charge is 0.225 e. The first kappa shape index (κ1) is 18.0. The molecule has 1 unspecified atom stereocenters. The third-order valence-corrected chi connectivity index (χ3v) is 6.91. The summed E-state index contributed by atoms with van der Waals surface area (Å²) in [7, 11) is 0. The molecule has 4 rings (SSSR count). The first-order valence-corrected chi connectivity index (χ1v) is 10.1. The fourth-order valence-electron chi connectivity index (χ4n) is 3.67. The minimum atomic E-state index is -1.87. The van der Waals surface area contributed by atoms with Crippen molar-refractivity contribution in [1.29, 1.82) is 0 Å². The lowest BCUT2D eigenvalue weighted by atomic mass is 9.86. The molecule has 2 aromatic rings. The van der Waals surface area contributed by atoms with E-state index in [9.17, 15) is 8.78 Å². The number of nitrogens with zero attached hydrogens (tertiary/aromatic N) is 4. The second-order valence-electron chi connectivity index (χ2n) is 7.16. The number of rotatable bonds is 3. The van der Waals surface area contributed by atoms with Gasteiger partial charge in [-0.1, -0.05) is 0 Å². The third-order valence-electron chi connectivity index (χ3n) is 4.91. The first-order valence-electron chi connectivity index (χ1n) is 8.32. The largest absolute Gasteiger partial charge is 0.338 e. The maximum absolute atomic E-state index is 14.3. The lowest BCUT2D eigenvalue weighted by molar-refractivity contribution is 0.205. The van der Waals surface area contributed by atoms with Gasteiger partial charge in [-0.3, -0.25) is 5.32 Å². The molecule has 0 bridgehead atoms. The Bertz CT molecular complexity index is 797. The topological polar surface area (TPSA) is 80.0 Å². The summed E-state index contributed by atoms with van der Waals surface area (Å²) in [6.45, 7) is 3.85. The number of nitrogens with one attached hydrogen (secondary N) is 1. The summed E-state index contributed by atoms with van der Waals surface area (Å²) < 4.78 is 32.5. The Balaban J connectivity index is 1.70. The Kier molecular flexibility index (Phi) is 4.41. The van der Waals surface area contributed by atoms with Crippen molar-refractivity contribution in [2.45, 2.75) is 30.6 Å². The van der Waals surface area contributed by atoms with Gasteiger partial charge in [0.15, 0.2) is 5.82 Å². The van der Waals surface area contributed by atoms with Gasteiger partial charge in [-0.05, 0) is 31.4 Å². The quantitative estimate of drug-likeness (QED) is 0.820. The lowest BCUT2D eigenvalue weighted by Crippen LogP contribution is -2.58. The van der Waals surface area contributed by atoms with Crippen molar-refractivity contribution < 1.29 is 8.78 Å². The summed E-state index contributed by atoms with van der Waals surface area (Å²) >= 11 is 3.10. The van der Waals surface area contributed by atoms with E-state index in [1.54, 1.807) is 18.0 Å². The van der Waals surface area contributed by atoms with Gasteiger partial charge in [0.2, 0.25) is 5.95 Å². The Hall–Kier alpha value is -1.36. The maximum Gasteiger partial charge on any atom is 0.225 e. The van der Waals surface area contributed by atoms with Gasteiger partial charge in [-0.25, -0.2) is 23.1 Å². The normalized spacial score (nSPS) is 29.0. The van der Waals surface area contributed by atoms with Crippen LogP contribution in [-0.4, -0.2) is 38.7 Å². The molecule has 2 aliphatic heterocycles. The van der Waals surface area contributed by atoms with Gasteiger partial charge in [-0.15, -0.1) is 11.8 Å². The van der Waals surface area contributed by atoms with E-state index >= 15 is 0 Å². The first-order chi connectivity index (χ1) is 12.3. The van der Waals surface area contributed by atoms with Crippen LogP contribution in [0.3, 0.4) is 0 Å². The number of aromatic nitrogens is 3. The van der Waals surface area contributed by atoms with Gasteiger partial charge in [0.05, 0.1) is 11.7 Å². The molecule has 0 aliphatic carbocycles. The van der Waals surface area contributed by atoms with Crippen LogP contribution in [0.1, 0.15) is 24.4 Å². The third kappa shape index (κ3) is 2.98. The predicted octanol–water partition coefficient (Wildman–Crippen LogP) is 2.19. The van der Waals surface area contributed by atoms with Gasteiger partial charge in [0.25, 0.3) is 0 Å². The zero-order valence-electron chi connectivity index (χ0n) is 14.4. The highest BCUT2D eigenvalue weighted by molar-refractivity contribution is 7.99. The highest BCUT2D eigenvalue weighted by Crippen LogP contribution is 2.44. The van der Waals surface area contributed by atoms with Crippen LogP contribution in [0.15, 0.2) is 18.5 Å². The van der Waals surface area contributed by atoms with Crippen molar-refractivity contribution in [3.63, 3.8) is 0 Å². The van der Waals surface area contributed by atoms with Crippen LogP contribution in [0.4, 0.5) is 14.7 Å². The maximum atomic E-state index is 14.3. The molecule has 0 radical (unpaired) electrons. The van der Waals surface area contributed by atoms with Crippen LogP contribution in [0.25, 0.3) is 0 Å². The molecule has 0 saturated carbocycles. The molecule has 0 amide bonds. The van der Waals surface area contributed by atoms with E-state index in [1.165, 1.54) is 25.4 Å². The second kappa shape index (κ2) is 6.36. The average Bonchev–Trinajstić information content (AvgIpc) is 3.22. The van der Waals surface area contributed by atoms with E-state index in [2.05, 4.69) is 19.7 Å². The Morgan fingerprint density at radius 3 is 2.96 bits per heavy atom. The zero-order valence-corrected chi connectivity index (χ0v) is 16.1. The van der Waals surface area contributed by atoms with Gasteiger partial charge in [0, 0.05) is 35.8 Å². The Morgan fingerprint density at radius 2 is 2.27 bits per heavy atom. The molecule has 6 nitrogen and oxygen atoms in total. The summed E-state index contributed by atoms with van der Waals surface area (Å²) in [6, 6.07) is 2.00. The number of nitrogens with two attached hydrogens (primary N) is 1. The number of fused-ring (bicyclic) bond motifs is 1. The molecule has 0 aromatic carbocycles. The van der Waals surface area contributed by atoms with Gasteiger partial charge in [0.1, 0.15) is 16.9 Å². The molecule has 2 aliphatic rings. The molecule has 3 atom stereocenters. The molecule has 10 heteroatoms. The average molecular weight is 399 g/mol. The fourth-order valence-corrected chi connectivity index (χ4v) is 5.60. The van der Waals surface area contributed by atoms with Crippen LogP contribution >= 0.6 is 23.3 Å². The summed E-state index contributed by atoms with van der Waals surface area (Å²) in [5.41, 5.74) is 3.53. The highest BCUT2D eigenvalue weighted by Gasteiger charge is 2.52. The van der Waals surface area contributed by atoms with Gasteiger partial charge >= 0.3 is 0 Å². The Labute approximate surface area is 158 Å². The summed E-state index contributed by atoms with van der Waals surface area (Å²) in [5.74, 6) is 0.755. The van der Waals surface area contributed by atoms with E-state index in [0.717, 1.165) is 16.8 Å². The lowest BCUT2D eigenvalue weighted by Gasteiger charge is -2.41. The number of alkyl halides is 1. The predicted molar refractivity (Wildman–Crippen MR) is 99.2 cm³/mol. The number of hydrogen-bond acceptors (Lipinski definition) is 8. The molecule has 2 aromatic heterocycles. The second-order valence-corrected chi connectivity index (χ2v) is 9.17. The van der Waals surface area contributed by atoms with E-state index < -0.39 is 11.5 Å². The fraction of sp³-hybridized carbons (Fsp3) is 0.562. The highest BCUT2D eigenvalue weighted by atomic mass is 32.2. The SMILES string of the molecule is CC(C)(F)c1nc(N2C[C@H]3CSC(N)N[C@@]3(c3ccns3)C2)ncc1F. The summed E-state index contributed by atoms with van der Waals surface area (Å²) in [5, 5.41) is 3.52. The molecule has 2 fully saturated rings.